The van der Waals surface area contributed by atoms with E-state index in [1.807, 2.05) is 0 Å². The molecule has 1 aromatic carbocycles. The van der Waals surface area contributed by atoms with E-state index in [-0.39, 0.29) is 24.0 Å². The van der Waals surface area contributed by atoms with Crippen molar-refractivity contribution in [2.24, 2.45) is 0 Å². The average Bonchev–Trinajstić information content (AvgIpc) is 3.14. The van der Waals surface area contributed by atoms with Crippen LogP contribution in [0.3, 0.4) is 0 Å². The molecule has 112 valence electrons. The Morgan fingerprint density at radius 3 is 2.86 bits per heavy atom. The second kappa shape index (κ2) is 6.11. The number of nitrogens with zero attached hydrogens (tertiary/aromatic N) is 1. The van der Waals surface area contributed by atoms with E-state index < -0.39 is 0 Å². The number of hydrogen-bond acceptors (Lipinski definition) is 4. The second-order valence-corrected chi connectivity index (χ2v) is 5.86. The molecule has 2 aromatic heterocycles. The minimum absolute atomic E-state index is 0.235. The summed E-state index contributed by atoms with van der Waals surface area (Å²) in [6.07, 6.45) is 1.54. The third-order valence-electron chi connectivity index (χ3n) is 3.07. The number of hydrogen-bond donors (Lipinski definition) is 1. The van der Waals surface area contributed by atoms with Crippen molar-refractivity contribution in [1.29, 1.82) is 0 Å². The number of thiazole rings is 1. The lowest BCUT2D eigenvalue weighted by molar-refractivity contribution is 0.0944. The van der Waals surface area contributed by atoms with Gasteiger partial charge in [0.1, 0.15) is 17.3 Å². The van der Waals surface area contributed by atoms with Gasteiger partial charge in [0, 0.05) is 5.56 Å². The second-order valence-electron chi connectivity index (χ2n) is 4.65. The third-order valence-corrected chi connectivity index (χ3v) is 4.08. The van der Waals surface area contributed by atoms with Gasteiger partial charge in [0.2, 0.25) is 0 Å². The van der Waals surface area contributed by atoms with Gasteiger partial charge in [-0.25, -0.2) is 9.37 Å². The zero-order chi connectivity index (χ0) is 15.5. The molecule has 0 aliphatic rings. The van der Waals surface area contributed by atoms with E-state index >= 15 is 0 Å². The zero-order valence-corrected chi connectivity index (χ0v) is 12.6. The van der Waals surface area contributed by atoms with Crippen LogP contribution in [-0.2, 0) is 6.54 Å². The van der Waals surface area contributed by atoms with Crippen LogP contribution in [0.15, 0.2) is 47.1 Å². The molecule has 1 amide bonds. The molecule has 0 aliphatic heterocycles. The Bertz CT molecular complexity index is 796. The molecule has 4 nitrogen and oxygen atoms in total. The SMILES string of the molecule is Cc1nc(C(=O)NCc2ccco2)c(-c2ccccc2F)s1. The molecule has 0 saturated heterocycles. The molecule has 3 rings (SSSR count). The minimum atomic E-state index is -0.369. The monoisotopic (exact) mass is 316 g/mol. The molecule has 0 bridgehead atoms. The maximum atomic E-state index is 14.0. The Labute approximate surface area is 130 Å². The van der Waals surface area contributed by atoms with Crippen LogP contribution in [0.5, 0.6) is 0 Å². The van der Waals surface area contributed by atoms with E-state index in [0.29, 0.717) is 21.2 Å². The summed E-state index contributed by atoms with van der Waals surface area (Å²) in [7, 11) is 0. The Morgan fingerprint density at radius 1 is 1.32 bits per heavy atom. The zero-order valence-electron chi connectivity index (χ0n) is 11.8. The summed E-state index contributed by atoms with van der Waals surface area (Å²) in [6, 6.07) is 9.88. The Kier molecular flexibility index (Phi) is 4.02. The van der Waals surface area contributed by atoms with Crippen LogP contribution in [0.2, 0.25) is 0 Å². The number of amides is 1. The van der Waals surface area contributed by atoms with Crippen LogP contribution in [0.4, 0.5) is 4.39 Å². The van der Waals surface area contributed by atoms with Crippen molar-refractivity contribution in [3.05, 3.63) is 64.9 Å². The highest BCUT2D eigenvalue weighted by molar-refractivity contribution is 7.15. The van der Waals surface area contributed by atoms with E-state index in [0.717, 1.165) is 0 Å². The standard InChI is InChI=1S/C16H13FN2O2S/c1-10-19-14(16(20)18-9-11-5-4-8-21-11)15(22-10)12-6-2-3-7-13(12)17/h2-8H,9H2,1H3,(H,18,20). The van der Waals surface area contributed by atoms with Gasteiger partial charge in [-0.05, 0) is 25.1 Å². The number of halogens is 1. The molecule has 6 heteroatoms. The van der Waals surface area contributed by atoms with Crippen LogP contribution in [0.25, 0.3) is 10.4 Å². The van der Waals surface area contributed by atoms with Crippen LogP contribution in [0.1, 0.15) is 21.3 Å². The highest BCUT2D eigenvalue weighted by atomic mass is 32.1. The summed E-state index contributed by atoms with van der Waals surface area (Å²) >= 11 is 1.30. The molecule has 0 atom stereocenters. The smallest absolute Gasteiger partial charge is 0.271 e. The molecular formula is C16H13FN2O2S. The number of nitrogens with one attached hydrogen (secondary N) is 1. The van der Waals surface area contributed by atoms with Gasteiger partial charge in [0.05, 0.1) is 22.7 Å². The van der Waals surface area contributed by atoms with Gasteiger partial charge in [0.15, 0.2) is 0 Å². The van der Waals surface area contributed by atoms with E-state index in [1.165, 1.54) is 17.4 Å². The molecule has 22 heavy (non-hydrogen) atoms. The predicted molar refractivity (Wildman–Crippen MR) is 82.1 cm³/mol. The first-order valence-electron chi connectivity index (χ1n) is 6.68. The highest BCUT2D eigenvalue weighted by Gasteiger charge is 2.20. The number of aromatic nitrogens is 1. The summed E-state index contributed by atoms with van der Waals surface area (Å²) < 4.78 is 19.1. The lowest BCUT2D eigenvalue weighted by atomic mass is 10.1. The molecule has 0 fully saturated rings. The Morgan fingerprint density at radius 2 is 2.14 bits per heavy atom. The Balaban J connectivity index is 1.88. The molecule has 1 N–H and O–H groups in total. The number of furan rings is 1. The van der Waals surface area contributed by atoms with Crippen LogP contribution in [-0.4, -0.2) is 10.9 Å². The first-order chi connectivity index (χ1) is 10.6. The van der Waals surface area contributed by atoms with Gasteiger partial charge in [-0.1, -0.05) is 18.2 Å². The van der Waals surface area contributed by atoms with Crippen molar-refractivity contribution in [2.75, 3.05) is 0 Å². The first kappa shape index (κ1) is 14.5. The van der Waals surface area contributed by atoms with Gasteiger partial charge in [-0.2, -0.15) is 0 Å². The fraction of sp³-hybridized carbons (Fsp3) is 0.125. The largest absolute Gasteiger partial charge is 0.467 e. The summed E-state index contributed by atoms with van der Waals surface area (Å²) in [5.41, 5.74) is 0.621. The molecule has 0 radical (unpaired) electrons. The number of carbonyl (C=O) groups excluding carboxylic acids is 1. The predicted octanol–water partition coefficient (Wildman–Crippen LogP) is 3.78. The third kappa shape index (κ3) is 2.92. The molecule has 0 aliphatic carbocycles. The van der Waals surface area contributed by atoms with Gasteiger partial charge in [-0.15, -0.1) is 11.3 Å². The molecule has 0 saturated carbocycles. The number of carbonyl (C=O) groups is 1. The average molecular weight is 316 g/mol. The number of rotatable bonds is 4. The fourth-order valence-electron chi connectivity index (χ4n) is 2.07. The fourth-order valence-corrected chi connectivity index (χ4v) is 3.02. The summed E-state index contributed by atoms with van der Waals surface area (Å²) in [5.74, 6) is -0.0713. The van der Waals surface area contributed by atoms with Crippen molar-refractivity contribution in [3.63, 3.8) is 0 Å². The first-order valence-corrected chi connectivity index (χ1v) is 7.49. The molecule has 0 spiro atoms. The summed E-state index contributed by atoms with van der Waals surface area (Å²) in [5, 5.41) is 3.44. The van der Waals surface area contributed by atoms with Crippen molar-refractivity contribution in [3.8, 4) is 10.4 Å². The van der Waals surface area contributed by atoms with Gasteiger partial charge in [-0.3, -0.25) is 4.79 Å². The highest BCUT2D eigenvalue weighted by Crippen LogP contribution is 2.31. The Hall–Kier alpha value is -2.47. The van der Waals surface area contributed by atoms with E-state index in [4.69, 9.17) is 4.42 Å². The lowest BCUT2D eigenvalue weighted by Gasteiger charge is -2.04. The van der Waals surface area contributed by atoms with Crippen molar-refractivity contribution < 1.29 is 13.6 Å². The molecule has 2 heterocycles. The number of aryl methyl sites for hydroxylation is 1. The normalized spacial score (nSPS) is 10.6. The van der Waals surface area contributed by atoms with E-state index in [1.54, 1.807) is 43.5 Å². The van der Waals surface area contributed by atoms with E-state index in [9.17, 15) is 9.18 Å². The molecular weight excluding hydrogens is 303 g/mol. The lowest BCUT2D eigenvalue weighted by Crippen LogP contribution is -2.23. The van der Waals surface area contributed by atoms with Crippen molar-refractivity contribution in [1.82, 2.24) is 10.3 Å². The maximum absolute atomic E-state index is 14.0. The van der Waals surface area contributed by atoms with Crippen LogP contribution < -0.4 is 5.32 Å². The quantitative estimate of drug-likeness (QED) is 0.797. The van der Waals surface area contributed by atoms with Gasteiger partial charge < -0.3 is 9.73 Å². The van der Waals surface area contributed by atoms with Crippen LogP contribution in [0, 0.1) is 12.7 Å². The van der Waals surface area contributed by atoms with E-state index in [2.05, 4.69) is 10.3 Å². The topological polar surface area (TPSA) is 55.1 Å². The van der Waals surface area contributed by atoms with Gasteiger partial charge >= 0.3 is 0 Å². The summed E-state index contributed by atoms with van der Waals surface area (Å²) in [4.78, 5) is 17.1. The molecule has 3 aromatic rings. The van der Waals surface area contributed by atoms with Crippen LogP contribution >= 0.6 is 11.3 Å². The van der Waals surface area contributed by atoms with Gasteiger partial charge in [0.25, 0.3) is 5.91 Å². The van der Waals surface area contributed by atoms with Crippen molar-refractivity contribution >= 4 is 17.2 Å². The van der Waals surface area contributed by atoms with Crippen molar-refractivity contribution in [2.45, 2.75) is 13.5 Å². The minimum Gasteiger partial charge on any atom is -0.467 e. The summed E-state index contributed by atoms with van der Waals surface area (Å²) in [6.45, 7) is 2.05. The number of benzene rings is 1. The maximum Gasteiger partial charge on any atom is 0.271 e. The molecule has 0 unspecified atom stereocenters.